The highest BCUT2D eigenvalue weighted by Gasteiger charge is 2.25. The van der Waals surface area contributed by atoms with Crippen molar-refractivity contribution in [2.45, 2.75) is 37.6 Å². The molecular weight excluding hydrogens is 532 g/mol. The molecule has 0 bridgehead atoms. The van der Waals surface area contributed by atoms with Crippen LogP contribution in [0.3, 0.4) is 0 Å². The van der Waals surface area contributed by atoms with Gasteiger partial charge >= 0.3 is 0 Å². The Morgan fingerprint density at radius 2 is 1.97 bits per heavy atom. The van der Waals surface area contributed by atoms with Gasteiger partial charge in [0, 0.05) is 21.9 Å². The molecule has 2 aromatic carbocycles. The van der Waals surface area contributed by atoms with Gasteiger partial charge in [0.15, 0.2) is 0 Å². The molecule has 1 heterocycles. The van der Waals surface area contributed by atoms with E-state index in [0.29, 0.717) is 21.3 Å². The second-order valence-corrected chi connectivity index (χ2v) is 9.73. The van der Waals surface area contributed by atoms with Gasteiger partial charge in [-0.25, -0.2) is 18.7 Å². The van der Waals surface area contributed by atoms with Crippen molar-refractivity contribution in [1.29, 1.82) is 5.26 Å². The smallest absolute Gasteiger partial charge is 0.254 e. The molecule has 1 aliphatic rings. The van der Waals surface area contributed by atoms with Gasteiger partial charge in [0.1, 0.15) is 23.1 Å². The Morgan fingerprint density at radius 3 is 2.61 bits per heavy atom. The molecule has 1 aromatic heterocycles. The number of rotatable bonds is 6. The van der Waals surface area contributed by atoms with E-state index in [0.717, 1.165) is 31.4 Å². The molecule has 3 aromatic rings. The summed E-state index contributed by atoms with van der Waals surface area (Å²) in [5.74, 6) is -1.76. The molecule has 1 fully saturated rings. The van der Waals surface area contributed by atoms with E-state index in [1.54, 1.807) is 12.3 Å². The summed E-state index contributed by atoms with van der Waals surface area (Å²) in [5.41, 5.74) is 7.55. The Morgan fingerprint density at radius 1 is 1.22 bits per heavy atom. The maximum absolute atomic E-state index is 15.0. The van der Waals surface area contributed by atoms with E-state index in [-0.39, 0.29) is 23.2 Å². The molecule has 0 aliphatic heterocycles. The fourth-order valence-electron chi connectivity index (χ4n) is 4.43. The van der Waals surface area contributed by atoms with Crippen molar-refractivity contribution >= 4 is 27.7 Å². The van der Waals surface area contributed by atoms with Gasteiger partial charge in [0.05, 0.1) is 36.2 Å². The molecule has 4 N–H and O–H groups in total. The van der Waals surface area contributed by atoms with Crippen LogP contribution in [-0.4, -0.2) is 27.6 Å². The average Bonchev–Trinajstić information content (AvgIpc) is 2.86. The average molecular weight is 556 g/mol. The van der Waals surface area contributed by atoms with Crippen molar-refractivity contribution in [3.8, 4) is 17.3 Å². The van der Waals surface area contributed by atoms with Crippen LogP contribution in [-0.2, 0) is 0 Å². The number of carbonyl (C=O) groups is 1. The summed E-state index contributed by atoms with van der Waals surface area (Å²) in [6.45, 7) is -0.503. The largest absolute Gasteiger partial charge is 0.394 e. The lowest BCUT2D eigenvalue weighted by molar-refractivity contribution is 0.0912. The first-order chi connectivity index (χ1) is 17.3. The van der Waals surface area contributed by atoms with Gasteiger partial charge in [-0.1, -0.05) is 22.0 Å². The van der Waals surface area contributed by atoms with Crippen molar-refractivity contribution < 1.29 is 18.7 Å². The topological polar surface area (TPSA) is 125 Å². The number of nitriles is 1. The van der Waals surface area contributed by atoms with Gasteiger partial charge in [-0.05, 0) is 61.6 Å². The van der Waals surface area contributed by atoms with Crippen LogP contribution in [0.4, 0.5) is 14.6 Å². The van der Waals surface area contributed by atoms with E-state index in [9.17, 15) is 14.3 Å². The van der Waals surface area contributed by atoms with Gasteiger partial charge in [0.25, 0.3) is 5.91 Å². The van der Waals surface area contributed by atoms with Crippen LogP contribution >= 0.6 is 15.9 Å². The second-order valence-electron chi connectivity index (χ2n) is 8.81. The minimum Gasteiger partial charge on any atom is -0.394 e. The molecule has 1 amide bonds. The first-order valence-corrected chi connectivity index (χ1v) is 12.3. The molecule has 0 saturated heterocycles. The third kappa shape index (κ3) is 5.69. The number of aromatic nitrogens is 2. The Labute approximate surface area is 215 Å². The Balaban J connectivity index is 1.54. The van der Waals surface area contributed by atoms with E-state index >= 15 is 4.39 Å². The van der Waals surface area contributed by atoms with Crippen molar-refractivity contribution in [3.05, 3.63) is 75.5 Å². The minimum atomic E-state index is -0.933. The summed E-state index contributed by atoms with van der Waals surface area (Å²) in [5, 5.41) is 21.4. The maximum Gasteiger partial charge on any atom is 0.254 e. The molecule has 1 atom stereocenters. The summed E-state index contributed by atoms with van der Waals surface area (Å²) in [4.78, 5) is 21.6. The first kappa shape index (κ1) is 25.7. The Hall–Kier alpha value is -3.42. The standard InChI is InChI=1S/C26H24BrF2N5O2/c27-18-7-17(8-19(28)10-18)23(13-35)34-26(36)20-6-5-16(9-21(20)29)24-25(31)32-12-22(33-24)15-3-1-14(11-30)2-4-15/h5-10,12,14-15,23,35H,1-4,13H2,(H2,31,32)(H,34,36)/t14?,15?,23-/m1/s1. The fraction of sp³-hybridized carbons (Fsp3) is 0.308. The van der Waals surface area contributed by atoms with Crippen LogP contribution in [0, 0.1) is 28.9 Å². The summed E-state index contributed by atoms with van der Waals surface area (Å²) < 4.78 is 29.2. The molecule has 7 nitrogen and oxygen atoms in total. The molecule has 1 aliphatic carbocycles. The van der Waals surface area contributed by atoms with E-state index in [4.69, 9.17) is 11.0 Å². The third-order valence-electron chi connectivity index (χ3n) is 6.41. The highest BCUT2D eigenvalue weighted by atomic mass is 79.9. The number of aliphatic hydroxyl groups excluding tert-OH is 1. The van der Waals surface area contributed by atoms with Crippen LogP contribution in [0.15, 0.2) is 47.1 Å². The lowest BCUT2D eigenvalue weighted by Crippen LogP contribution is -2.31. The van der Waals surface area contributed by atoms with Crippen LogP contribution in [0.2, 0.25) is 0 Å². The number of hydrogen-bond acceptors (Lipinski definition) is 6. The van der Waals surface area contributed by atoms with Gasteiger partial charge < -0.3 is 16.2 Å². The number of hydrogen-bond donors (Lipinski definition) is 3. The summed E-state index contributed by atoms with van der Waals surface area (Å²) >= 11 is 3.18. The van der Waals surface area contributed by atoms with Gasteiger partial charge in [-0.2, -0.15) is 5.26 Å². The number of benzene rings is 2. The summed E-state index contributed by atoms with van der Waals surface area (Å²) in [6.07, 6.45) is 4.84. The van der Waals surface area contributed by atoms with Gasteiger partial charge in [0.2, 0.25) is 0 Å². The number of nitrogen functional groups attached to an aromatic ring is 1. The number of nitrogens with two attached hydrogens (primary N) is 1. The number of nitrogens with one attached hydrogen (secondary N) is 1. The lowest BCUT2D eigenvalue weighted by atomic mass is 9.81. The third-order valence-corrected chi connectivity index (χ3v) is 6.87. The normalized spacial score (nSPS) is 18.3. The second kappa shape index (κ2) is 11.1. The predicted molar refractivity (Wildman–Crippen MR) is 134 cm³/mol. The zero-order chi connectivity index (χ0) is 25.8. The van der Waals surface area contributed by atoms with Gasteiger partial charge in [-0.3, -0.25) is 4.79 Å². The Bertz CT molecular complexity index is 1300. The molecule has 0 spiro atoms. The molecule has 0 radical (unpaired) electrons. The van der Waals surface area contributed by atoms with Gasteiger partial charge in [-0.15, -0.1) is 0 Å². The Kier molecular flexibility index (Phi) is 7.91. The van der Waals surface area contributed by atoms with Crippen LogP contribution in [0.1, 0.15) is 59.3 Å². The number of amides is 1. The SMILES string of the molecule is N#CC1CCC(c2cnc(N)c(-c3ccc(C(=O)N[C@H](CO)c4cc(F)cc(Br)c4)c(F)c3)n2)CC1. The van der Waals surface area contributed by atoms with Crippen molar-refractivity contribution in [3.63, 3.8) is 0 Å². The highest BCUT2D eigenvalue weighted by Crippen LogP contribution is 2.36. The molecule has 10 heteroatoms. The fourth-order valence-corrected chi connectivity index (χ4v) is 4.92. The first-order valence-electron chi connectivity index (χ1n) is 11.5. The van der Waals surface area contributed by atoms with Crippen LogP contribution in [0.25, 0.3) is 11.3 Å². The molecule has 36 heavy (non-hydrogen) atoms. The van der Waals surface area contributed by atoms with E-state index < -0.39 is 30.2 Å². The van der Waals surface area contributed by atoms with Crippen molar-refractivity contribution in [2.75, 3.05) is 12.3 Å². The minimum absolute atomic E-state index is 0.0584. The maximum atomic E-state index is 15.0. The lowest BCUT2D eigenvalue weighted by Gasteiger charge is -2.24. The quantitative estimate of drug-likeness (QED) is 0.391. The number of carbonyl (C=O) groups excluding carboxylic acids is 1. The monoisotopic (exact) mass is 555 g/mol. The zero-order valence-electron chi connectivity index (χ0n) is 19.2. The molecule has 186 valence electrons. The van der Waals surface area contributed by atoms with Crippen molar-refractivity contribution in [2.24, 2.45) is 5.92 Å². The molecule has 4 rings (SSSR count). The van der Waals surface area contributed by atoms with E-state index in [1.165, 1.54) is 30.3 Å². The predicted octanol–water partition coefficient (Wildman–Crippen LogP) is 5.03. The van der Waals surface area contributed by atoms with E-state index in [1.807, 2.05) is 0 Å². The molecule has 0 unspecified atom stereocenters. The number of nitrogens with zero attached hydrogens (tertiary/aromatic N) is 3. The highest BCUT2D eigenvalue weighted by molar-refractivity contribution is 9.10. The summed E-state index contributed by atoms with van der Waals surface area (Å²) in [6, 6.07) is 9.38. The number of halogens is 3. The van der Waals surface area contributed by atoms with Crippen molar-refractivity contribution in [1.82, 2.24) is 15.3 Å². The number of anilines is 1. The molecule has 1 saturated carbocycles. The van der Waals surface area contributed by atoms with Crippen LogP contribution < -0.4 is 11.1 Å². The summed E-state index contributed by atoms with van der Waals surface area (Å²) in [7, 11) is 0. The molecular formula is C26H24BrF2N5O2. The number of aliphatic hydroxyl groups is 1. The van der Waals surface area contributed by atoms with Crippen LogP contribution in [0.5, 0.6) is 0 Å². The zero-order valence-corrected chi connectivity index (χ0v) is 20.8. The van der Waals surface area contributed by atoms with E-state index in [2.05, 4.69) is 37.3 Å².